The number of nitrogens with zero attached hydrogens (tertiary/aromatic N) is 3. The quantitative estimate of drug-likeness (QED) is 0.323. The van der Waals surface area contributed by atoms with E-state index in [-0.39, 0.29) is 11.8 Å². The van der Waals surface area contributed by atoms with Crippen LogP contribution in [-0.2, 0) is 0 Å². The number of nitrogens with one attached hydrogen (secondary N) is 1. The maximum absolute atomic E-state index is 9.80. The van der Waals surface area contributed by atoms with Gasteiger partial charge in [-0.05, 0) is 24.1 Å². The van der Waals surface area contributed by atoms with Gasteiger partial charge < -0.3 is 9.64 Å². The molecule has 0 fully saturated rings. The normalized spacial score (nSPS) is 11.8. The summed E-state index contributed by atoms with van der Waals surface area (Å²) in [6, 6.07) is 15.9. The van der Waals surface area contributed by atoms with Crippen LogP contribution >= 0.6 is 23.1 Å². The third-order valence-electron chi connectivity index (χ3n) is 5.23. The lowest BCUT2D eigenvalue weighted by Crippen LogP contribution is -2.29. The van der Waals surface area contributed by atoms with Crippen molar-refractivity contribution in [3.8, 4) is 16.9 Å². The first kappa shape index (κ1) is 22.8. The molecule has 0 amide bonds. The Hall–Kier alpha value is -2.88. The molecule has 0 aliphatic heterocycles. The number of hydrogen-bond donors (Lipinski definition) is 1. The predicted octanol–water partition coefficient (Wildman–Crippen LogP) is 6.99. The number of rotatable bonds is 6. The Balaban J connectivity index is 1.92. The zero-order valence-corrected chi connectivity index (χ0v) is 19.8. The number of ether oxygens (including phenoxy) is 1. The van der Waals surface area contributed by atoms with Gasteiger partial charge in [0.05, 0.1) is 16.4 Å². The molecule has 5 nitrogen and oxygen atoms in total. The molecular formula is C24H25ClN4OS. The van der Waals surface area contributed by atoms with Gasteiger partial charge in [0.15, 0.2) is 0 Å². The summed E-state index contributed by atoms with van der Waals surface area (Å²) >= 11 is 7.70. The largest absolute Gasteiger partial charge is 0.443 e. The van der Waals surface area contributed by atoms with Gasteiger partial charge in [-0.15, -0.1) is 0 Å². The highest BCUT2D eigenvalue weighted by Crippen LogP contribution is 2.40. The number of aryl methyl sites for hydroxylation is 1. The van der Waals surface area contributed by atoms with Crippen molar-refractivity contribution in [3.63, 3.8) is 0 Å². The van der Waals surface area contributed by atoms with Crippen molar-refractivity contribution < 1.29 is 4.74 Å². The third kappa shape index (κ3) is 4.73. The van der Waals surface area contributed by atoms with Crippen LogP contribution in [0.25, 0.3) is 0 Å². The summed E-state index contributed by atoms with van der Waals surface area (Å²) in [5, 5.41) is 19.0. The Morgan fingerprint density at radius 2 is 1.90 bits per heavy atom. The van der Waals surface area contributed by atoms with Crippen LogP contribution in [0.3, 0.4) is 0 Å². The zero-order valence-electron chi connectivity index (χ0n) is 18.2. The van der Waals surface area contributed by atoms with Crippen molar-refractivity contribution >= 4 is 34.7 Å². The van der Waals surface area contributed by atoms with Crippen LogP contribution in [0, 0.1) is 29.6 Å². The zero-order chi connectivity index (χ0) is 22.7. The second kappa shape index (κ2) is 9.51. The minimum Gasteiger partial charge on any atom is -0.443 e. The summed E-state index contributed by atoms with van der Waals surface area (Å²) < 4.78 is 10.6. The van der Waals surface area contributed by atoms with Crippen LogP contribution in [0.15, 0.2) is 42.5 Å². The van der Waals surface area contributed by atoms with E-state index < -0.39 is 0 Å². The molecule has 1 unspecified atom stereocenters. The van der Waals surface area contributed by atoms with Crippen LogP contribution in [0.1, 0.15) is 49.1 Å². The summed E-state index contributed by atoms with van der Waals surface area (Å²) in [6.45, 7) is 7.89. The lowest BCUT2D eigenvalue weighted by molar-refractivity contribution is 0.490. The van der Waals surface area contributed by atoms with E-state index in [0.29, 0.717) is 32.9 Å². The molecule has 0 bridgehead atoms. The van der Waals surface area contributed by atoms with E-state index in [9.17, 15) is 5.26 Å². The topological polar surface area (TPSA) is 73.0 Å². The number of benzene rings is 2. The number of anilines is 1. The average molecular weight is 453 g/mol. The van der Waals surface area contributed by atoms with E-state index in [1.165, 1.54) is 11.5 Å². The monoisotopic (exact) mass is 452 g/mol. The highest BCUT2D eigenvalue weighted by atomic mass is 35.5. The molecule has 1 heterocycles. The maximum Gasteiger partial charge on any atom is 0.218 e. The fraction of sp³-hybridized carbons (Fsp3) is 0.292. The second-order valence-electron chi connectivity index (χ2n) is 7.74. The van der Waals surface area contributed by atoms with Crippen LogP contribution in [0.5, 0.6) is 10.8 Å². The second-order valence-corrected chi connectivity index (χ2v) is 8.89. The smallest absolute Gasteiger partial charge is 0.218 e. The fourth-order valence-corrected chi connectivity index (χ4v) is 4.37. The minimum absolute atomic E-state index is 0.0211. The molecule has 7 heteroatoms. The van der Waals surface area contributed by atoms with Crippen molar-refractivity contribution in [2.45, 2.75) is 33.6 Å². The van der Waals surface area contributed by atoms with Gasteiger partial charge in [0, 0.05) is 36.5 Å². The molecule has 0 saturated heterocycles. The molecule has 0 aliphatic carbocycles. The Labute approximate surface area is 192 Å². The van der Waals surface area contributed by atoms with Crippen molar-refractivity contribution in [1.29, 1.82) is 10.7 Å². The molecule has 31 heavy (non-hydrogen) atoms. The van der Waals surface area contributed by atoms with Gasteiger partial charge >= 0.3 is 0 Å². The first-order valence-electron chi connectivity index (χ1n) is 9.99. The predicted molar refractivity (Wildman–Crippen MR) is 128 cm³/mol. The molecule has 0 radical (unpaired) electrons. The van der Waals surface area contributed by atoms with Gasteiger partial charge in [0.25, 0.3) is 0 Å². The van der Waals surface area contributed by atoms with Gasteiger partial charge in [-0.2, -0.15) is 9.64 Å². The summed E-state index contributed by atoms with van der Waals surface area (Å²) in [5.41, 5.74) is 3.85. The lowest BCUT2D eigenvalue weighted by atomic mass is 9.95. The molecule has 1 atom stereocenters. The highest BCUT2D eigenvalue weighted by molar-refractivity contribution is 7.08. The molecule has 0 aliphatic rings. The van der Waals surface area contributed by atoms with Crippen molar-refractivity contribution in [3.05, 3.63) is 69.9 Å². The summed E-state index contributed by atoms with van der Waals surface area (Å²) in [7, 11) is 1.83. The summed E-state index contributed by atoms with van der Waals surface area (Å²) in [6.07, 6.45) is 0. The first-order valence-corrected chi connectivity index (χ1v) is 11.1. The molecule has 0 saturated carbocycles. The van der Waals surface area contributed by atoms with Crippen LogP contribution in [-0.4, -0.2) is 17.3 Å². The van der Waals surface area contributed by atoms with E-state index in [0.717, 1.165) is 16.8 Å². The van der Waals surface area contributed by atoms with Gasteiger partial charge in [-0.1, -0.05) is 62.7 Å². The average Bonchev–Trinajstić information content (AvgIpc) is 3.17. The number of nitriles is 1. The minimum atomic E-state index is -0.0211. The SMILES string of the molecule is Cc1cc(N(C)C(=N)C(C)C)c(Cl)cc1Oc1snc(C(C)c2ccccc2)c1C#N. The third-order valence-corrected chi connectivity index (χ3v) is 6.27. The Kier molecular flexibility index (Phi) is 6.99. The molecule has 0 spiro atoms. The van der Waals surface area contributed by atoms with E-state index >= 15 is 0 Å². The van der Waals surface area contributed by atoms with Gasteiger partial charge in [-0.25, -0.2) is 0 Å². The van der Waals surface area contributed by atoms with Crippen molar-refractivity contribution in [2.24, 2.45) is 5.92 Å². The van der Waals surface area contributed by atoms with E-state index in [1.54, 1.807) is 11.0 Å². The summed E-state index contributed by atoms with van der Waals surface area (Å²) in [4.78, 5) is 1.77. The van der Waals surface area contributed by atoms with E-state index in [4.69, 9.17) is 21.7 Å². The van der Waals surface area contributed by atoms with Gasteiger partial charge in [0.1, 0.15) is 23.2 Å². The molecule has 1 N–H and O–H groups in total. The number of aromatic nitrogens is 1. The number of amidine groups is 1. The Morgan fingerprint density at radius 1 is 1.23 bits per heavy atom. The molecule has 1 aromatic heterocycles. The molecule has 2 aromatic carbocycles. The lowest BCUT2D eigenvalue weighted by Gasteiger charge is -2.24. The standard InChI is InChI=1S/C24H25ClN4OS/c1-14(2)23(27)29(5)20-11-15(3)21(12-19(20)25)30-24-18(13-26)22(28-31-24)16(4)17-9-7-6-8-10-17/h6-12,14,16,27H,1-5H3. The van der Waals surface area contributed by atoms with E-state index in [1.807, 2.05) is 71.1 Å². The fourth-order valence-electron chi connectivity index (χ4n) is 3.29. The van der Waals surface area contributed by atoms with E-state index in [2.05, 4.69) is 10.4 Å². The molecular weight excluding hydrogens is 428 g/mol. The molecule has 3 aromatic rings. The first-order chi connectivity index (χ1) is 14.7. The molecule has 160 valence electrons. The van der Waals surface area contributed by atoms with Gasteiger partial charge in [0.2, 0.25) is 5.06 Å². The van der Waals surface area contributed by atoms with Crippen molar-refractivity contribution in [1.82, 2.24) is 4.37 Å². The van der Waals surface area contributed by atoms with Gasteiger partial charge in [-0.3, -0.25) is 5.41 Å². The number of hydrogen-bond acceptors (Lipinski definition) is 5. The molecule has 3 rings (SSSR count). The Bertz CT molecular complexity index is 1130. The maximum atomic E-state index is 9.80. The van der Waals surface area contributed by atoms with Crippen molar-refractivity contribution in [2.75, 3.05) is 11.9 Å². The Morgan fingerprint density at radius 3 is 2.52 bits per heavy atom. The van der Waals surface area contributed by atoms with Crippen LogP contribution < -0.4 is 9.64 Å². The van der Waals surface area contributed by atoms with Crippen LogP contribution in [0.4, 0.5) is 5.69 Å². The van der Waals surface area contributed by atoms with Crippen LogP contribution in [0.2, 0.25) is 5.02 Å². The highest BCUT2D eigenvalue weighted by Gasteiger charge is 2.23. The number of halogens is 1. The summed E-state index contributed by atoms with van der Waals surface area (Å²) in [5.74, 6) is 1.10.